The van der Waals surface area contributed by atoms with Gasteiger partial charge in [0, 0.05) is 17.3 Å². The van der Waals surface area contributed by atoms with E-state index in [0.717, 1.165) is 34.7 Å². The van der Waals surface area contributed by atoms with E-state index in [1.807, 2.05) is 65.5 Å². The monoisotopic (exact) mass is 379 g/mol. The molecular formula is C20H21N5OS. The first kappa shape index (κ1) is 18.6. The van der Waals surface area contributed by atoms with Gasteiger partial charge in [0.15, 0.2) is 5.11 Å². The van der Waals surface area contributed by atoms with Crippen molar-refractivity contribution in [2.45, 2.75) is 13.3 Å². The van der Waals surface area contributed by atoms with E-state index in [0.29, 0.717) is 6.61 Å². The molecule has 1 heterocycles. The van der Waals surface area contributed by atoms with E-state index in [-0.39, 0.29) is 5.11 Å². The van der Waals surface area contributed by atoms with E-state index in [2.05, 4.69) is 17.5 Å². The number of nitrogens with two attached hydrogens (primary N) is 1. The van der Waals surface area contributed by atoms with Crippen molar-refractivity contribution >= 4 is 23.5 Å². The molecule has 0 saturated carbocycles. The van der Waals surface area contributed by atoms with Gasteiger partial charge in [-0.25, -0.2) is 4.68 Å². The zero-order chi connectivity index (χ0) is 19.1. The third kappa shape index (κ3) is 4.92. The van der Waals surface area contributed by atoms with Gasteiger partial charge in [0.1, 0.15) is 11.4 Å². The van der Waals surface area contributed by atoms with E-state index in [1.165, 1.54) is 0 Å². The summed E-state index contributed by atoms with van der Waals surface area (Å²) in [6.07, 6.45) is 4.54. The molecule has 0 spiro atoms. The molecule has 0 unspecified atom stereocenters. The van der Waals surface area contributed by atoms with Crippen molar-refractivity contribution in [2.24, 2.45) is 10.8 Å². The topological polar surface area (TPSA) is 77.5 Å². The Morgan fingerprint density at radius 2 is 1.96 bits per heavy atom. The molecule has 0 aliphatic rings. The van der Waals surface area contributed by atoms with Crippen LogP contribution in [0.1, 0.15) is 18.9 Å². The van der Waals surface area contributed by atoms with Crippen molar-refractivity contribution in [3.63, 3.8) is 0 Å². The van der Waals surface area contributed by atoms with Gasteiger partial charge in [-0.05, 0) is 55.0 Å². The van der Waals surface area contributed by atoms with Crippen molar-refractivity contribution in [2.75, 3.05) is 6.61 Å². The first-order valence-corrected chi connectivity index (χ1v) is 9.05. The number of rotatable bonds is 7. The second-order valence-electron chi connectivity index (χ2n) is 5.82. The van der Waals surface area contributed by atoms with Crippen LogP contribution < -0.4 is 15.9 Å². The zero-order valence-electron chi connectivity index (χ0n) is 15.0. The predicted molar refractivity (Wildman–Crippen MR) is 112 cm³/mol. The highest BCUT2D eigenvalue weighted by Gasteiger charge is 2.11. The highest BCUT2D eigenvalue weighted by Crippen LogP contribution is 2.25. The Morgan fingerprint density at radius 1 is 1.22 bits per heavy atom. The van der Waals surface area contributed by atoms with E-state index < -0.39 is 0 Å². The smallest absolute Gasteiger partial charge is 0.184 e. The predicted octanol–water partition coefficient (Wildman–Crippen LogP) is 3.50. The Morgan fingerprint density at radius 3 is 2.63 bits per heavy atom. The lowest BCUT2D eigenvalue weighted by atomic mass is 10.1. The fourth-order valence-electron chi connectivity index (χ4n) is 2.51. The molecule has 2 aromatic carbocycles. The fraction of sp³-hybridized carbons (Fsp3) is 0.150. The van der Waals surface area contributed by atoms with Gasteiger partial charge in [0.25, 0.3) is 0 Å². The van der Waals surface area contributed by atoms with Crippen LogP contribution in [0.2, 0.25) is 0 Å². The normalized spacial score (nSPS) is 10.9. The minimum atomic E-state index is 0.112. The number of ether oxygens (including phenoxy) is 1. The van der Waals surface area contributed by atoms with Crippen LogP contribution in [0.15, 0.2) is 65.9 Å². The van der Waals surface area contributed by atoms with Crippen molar-refractivity contribution in [3.05, 3.63) is 66.4 Å². The summed E-state index contributed by atoms with van der Waals surface area (Å²) >= 11 is 4.79. The molecule has 0 aliphatic heterocycles. The van der Waals surface area contributed by atoms with E-state index in [1.54, 1.807) is 6.21 Å². The summed E-state index contributed by atoms with van der Waals surface area (Å²) < 4.78 is 7.47. The molecule has 0 fully saturated rings. The highest BCUT2D eigenvalue weighted by atomic mass is 32.1. The maximum atomic E-state index is 5.65. The minimum Gasteiger partial charge on any atom is -0.494 e. The maximum Gasteiger partial charge on any atom is 0.184 e. The van der Waals surface area contributed by atoms with Gasteiger partial charge in [-0.2, -0.15) is 10.2 Å². The number of aromatic nitrogens is 2. The molecule has 3 N–H and O–H groups in total. The number of nitrogens with zero attached hydrogens (tertiary/aromatic N) is 3. The lowest BCUT2D eigenvalue weighted by Gasteiger charge is -2.05. The average molecular weight is 379 g/mol. The maximum absolute atomic E-state index is 5.65. The summed E-state index contributed by atoms with van der Waals surface area (Å²) in [5.74, 6) is 0.841. The Labute approximate surface area is 163 Å². The molecule has 0 atom stereocenters. The van der Waals surface area contributed by atoms with Crippen LogP contribution in [0.3, 0.4) is 0 Å². The number of hydrogen-bond acceptors (Lipinski definition) is 4. The summed E-state index contributed by atoms with van der Waals surface area (Å²) in [6.45, 7) is 2.78. The summed E-state index contributed by atoms with van der Waals surface area (Å²) in [5.41, 5.74) is 11.6. The van der Waals surface area contributed by atoms with Crippen molar-refractivity contribution < 1.29 is 4.74 Å². The van der Waals surface area contributed by atoms with E-state index in [9.17, 15) is 0 Å². The van der Waals surface area contributed by atoms with Crippen LogP contribution in [-0.4, -0.2) is 27.7 Å². The Balaban J connectivity index is 1.95. The SMILES string of the molecule is CCCOc1ccc(-c2nn(-c3ccccc3)cc2/C=N/NC(N)=S)cc1. The summed E-state index contributed by atoms with van der Waals surface area (Å²) in [5, 5.41) is 8.92. The van der Waals surface area contributed by atoms with Crippen LogP contribution in [0.25, 0.3) is 16.9 Å². The lowest BCUT2D eigenvalue weighted by Crippen LogP contribution is -2.24. The molecule has 3 aromatic rings. The summed E-state index contributed by atoms with van der Waals surface area (Å²) in [4.78, 5) is 0. The molecule has 0 amide bonds. The third-order valence-electron chi connectivity index (χ3n) is 3.74. The number of thiocarbonyl (C=S) groups is 1. The third-order valence-corrected chi connectivity index (χ3v) is 3.83. The van der Waals surface area contributed by atoms with E-state index >= 15 is 0 Å². The van der Waals surface area contributed by atoms with Gasteiger partial charge >= 0.3 is 0 Å². The lowest BCUT2D eigenvalue weighted by molar-refractivity contribution is 0.317. The second-order valence-corrected chi connectivity index (χ2v) is 6.26. The molecule has 138 valence electrons. The molecule has 1 aromatic heterocycles. The number of nitrogens with one attached hydrogen (secondary N) is 1. The van der Waals surface area contributed by atoms with Crippen LogP contribution in [0, 0.1) is 0 Å². The fourth-order valence-corrected chi connectivity index (χ4v) is 2.57. The molecular weight excluding hydrogens is 358 g/mol. The number of benzene rings is 2. The summed E-state index contributed by atoms with van der Waals surface area (Å²) in [6, 6.07) is 17.8. The largest absolute Gasteiger partial charge is 0.494 e. The minimum absolute atomic E-state index is 0.112. The highest BCUT2D eigenvalue weighted by molar-refractivity contribution is 7.80. The number of hydrazone groups is 1. The average Bonchev–Trinajstić information content (AvgIpc) is 3.11. The van der Waals surface area contributed by atoms with Crippen LogP contribution in [-0.2, 0) is 0 Å². The molecule has 7 heteroatoms. The first-order chi connectivity index (χ1) is 13.2. The molecule has 0 bridgehead atoms. The van der Waals surface area contributed by atoms with Gasteiger partial charge < -0.3 is 10.5 Å². The van der Waals surface area contributed by atoms with Crippen molar-refractivity contribution in [3.8, 4) is 22.7 Å². The number of hydrogen-bond donors (Lipinski definition) is 2. The molecule has 0 saturated heterocycles. The van der Waals surface area contributed by atoms with E-state index in [4.69, 9.17) is 27.8 Å². The Kier molecular flexibility index (Phi) is 6.17. The van der Waals surface area contributed by atoms with Crippen molar-refractivity contribution in [1.82, 2.24) is 15.2 Å². The number of para-hydroxylation sites is 1. The molecule has 6 nitrogen and oxygen atoms in total. The molecule has 0 aliphatic carbocycles. The molecule has 27 heavy (non-hydrogen) atoms. The standard InChI is InChI=1S/C20H21N5OS/c1-2-12-26-18-10-8-15(9-11-18)19-16(13-22-23-20(21)27)14-25(24-19)17-6-4-3-5-7-17/h3-11,13-14H,2,12H2,1H3,(H3,21,23,27)/b22-13+. The van der Waals surface area contributed by atoms with Gasteiger partial charge in [0.05, 0.1) is 18.5 Å². The van der Waals surface area contributed by atoms with Gasteiger partial charge in [0.2, 0.25) is 0 Å². The van der Waals surface area contributed by atoms with Gasteiger partial charge in [-0.1, -0.05) is 25.1 Å². The van der Waals surface area contributed by atoms with Crippen LogP contribution in [0.4, 0.5) is 0 Å². The van der Waals surface area contributed by atoms with Crippen molar-refractivity contribution in [1.29, 1.82) is 0 Å². The first-order valence-electron chi connectivity index (χ1n) is 8.64. The zero-order valence-corrected chi connectivity index (χ0v) is 15.8. The summed E-state index contributed by atoms with van der Waals surface area (Å²) in [7, 11) is 0. The van der Waals surface area contributed by atoms with Crippen LogP contribution >= 0.6 is 12.2 Å². The molecule has 3 rings (SSSR count). The van der Waals surface area contributed by atoms with Crippen LogP contribution in [0.5, 0.6) is 5.75 Å². The van der Waals surface area contributed by atoms with Gasteiger partial charge in [-0.3, -0.25) is 5.43 Å². The van der Waals surface area contributed by atoms with Gasteiger partial charge in [-0.15, -0.1) is 0 Å². The Hall–Kier alpha value is -3.19. The molecule has 0 radical (unpaired) electrons. The quantitative estimate of drug-likeness (QED) is 0.373. The Bertz CT molecular complexity index is 919. The second kappa shape index (κ2) is 8.95.